The molecule has 122 valence electrons. The average Bonchev–Trinajstić information content (AvgIpc) is 2.86. The molecule has 0 bridgehead atoms. The summed E-state index contributed by atoms with van der Waals surface area (Å²) in [6.45, 7) is 3.35. The van der Waals surface area contributed by atoms with Crippen molar-refractivity contribution in [2.45, 2.75) is 29.6 Å². The molecule has 0 unspecified atom stereocenters. The second-order valence-corrected chi connectivity index (χ2v) is 5.53. The molecule has 0 aromatic rings. The Hall–Kier alpha value is -2.24. The standard InChI is InChI=1S/C11H18N6O5/c1-4-14-7-5(3-22-9(13)19)15-8(12)17-2-6(18)11(20,21)10(7,17)16-4/h5-7,14,16,18,20-21H,1-3H2,(H2,12,15)(H2,13,19)/t5-,6-,7-,10-/m0/s1. The lowest BCUT2D eigenvalue weighted by Crippen LogP contribution is -2.77. The number of carbonyl (C=O) groups excluding carboxylic acids is 1. The van der Waals surface area contributed by atoms with Crippen LogP contribution in [0.5, 0.6) is 0 Å². The monoisotopic (exact) mass is 314 g/mol. The molecule has 2 saturated heterocycles. The van der Waals surface area contributed by atoms with Gasteiger partial charge in [0.1, 0.15) is 24.8 Å². The van der Waals surface area contributed by atoms with Gasteiger partial charge in [-0.1, -0.05) is 6.58 Å². The lowest BCUT2D eigenvalue weighted by atomic mass is 9.86. The third-order valence-electron chi connectivity index (χ3n) is 4.28. The van der Waals surface area contributed by atoms with Crippen LogP contribution in [0.1, 0.15) is 0 Å². The van der Waals surface area contributed by atoms with E-state index in [2.05, 4.69) is 22.2 Å². The minimum absolute atomic E-state index is 0.0256. The van der Waals surface area contributed by atoms with Crippen molar-refractivity contribution in [2.24, 2.45) is 16.5 Å². The summed E-state index contributed by atoms with van der Waals surface area (Å²) in [5, 5.41) is 36.6. The van der Waals surface area contributed by atoms with E-state index in [-0.39, 0.29) is 19.1 Å². The van der Waals surface area contributed by atoms with Gasteiger partial charge in [0.2, 0.25) is 5.79 Å². The fourth-order valence-corrected chi connectivity index (χ4v) is 3.35. The van der Waals surface area contributed by atoms with E-state index >= 15 is 0 Å². The van der Waals surface area contributed by atoms with Crippen LogP contribution < -0.4 is 22.1 Å². The third-order valence-corrected chi connectivity index (χ3v) is 4.28. The van der Waals surface area contributed by atoms with Crippen molar-refractivity contribution in [3.63, 3.8) is 0 Å². The van der Waals surface area contributed by atoms with Crippen LogP contribution in [0.15, 0.2) is 17.4 Å². The Labute approximate surface area is 125 Å². The Morgan fingerprint density at radius 1 is 1.59 bits per heavy atom. The first-order valence-electron chi connectivity index (χ1n) is 6.59. The van der Waals surface area contributed by atoms with Gasteiger partial charge in [-0.3, -0.25) is 0 Å². The maximum absolute atomic E-state index is 10.8. The Bertz CT molecular complexity index is 565. The Kier molecular flexibility index (Phi) is 2.92. The fourth-order valence-electron chi connectivity index (χ4n) is 3.35. The maximum Gasteiger partial charge on any atom is 0.404 e. The zero-order valence-electron chi connectivity index (χ0n) is 11.6. The molecule has 4 atom stereocenters. The van der Waals surface area contributed by atoms with Crippen LogP contribution in [0.25, 0.3) is 0 Å². The molecule has 3 heterocycles. The van der Waals surface area contributed by atoms with Crippen LogP contribution in [0, 0.1) is 0 Å². The summed E-state index contributed by atoms with van der Waals surface area (Å²) in [5.74, 6) is -2.26. The SMILES string of the molecule is C=C1N[C@H]2[C@H](COC(N)=O)N=C(N)N3C[C@H](O)C(O)(O)[C@]23N1. The van der Waals surface area contributed by atoms with Gasteiger partial charge in [-0.25, -0.2) is 9.79 Å². The molecule has 0 aliphatic carbocycles. The van der Waals surface area contributed by atoms with Crippen molar-refractivity contribution >= 4 is 12.1 Å². The van der Waals surface area contributed by atoms with Crippen molar-refractivity contribution in [2.75, 3.05) is 13.2 Å². The number of hydrogen-bond acceptors (Lipinski definition) is 10. The number of rotatable bonds is 2. The van der Waals surface area contributed by atoms with E-state index in [1.54, 1.807) is 0 Å². The molecule has 0 aromatic carbocycles. The molecule has 3 rings (SSSR count). The van der Waals surface area contributed by atoms with E-state index in [9.17, 15) is 20.1 Å². The molecule has 2 fully saturated rings. The molecule has 11 heteroatoms. The summed E-state index contributed by atoms with van der Waals surface area (Å²) in [6, 6.07) is -1.52. The van der Waals surface area contributed by atoms with E-state index < -0.39 is 35.7 Å². The number of aliphatic imine (C=N–C) groups is 1. The van der Waals surface area contributed by atoms with Crippen molar-refractivity contribution in [1.82, 2.24) is 15.5 Å². The molecular formula is C11H18N6O5. The van der Waals surface area contributed by atoms with Crippen LogP contribution in [0.2, 0.25) is 0 Å². The molecule has 0 saturated carbocycles. The van der Waals surface area contributed by atoms with Gasteiger partial charge in [0.15, 0.2) is 11.6 Å². The maximum atomic E-state index is 10.8. The average molecular weight is 314 g/mol. The number of carbonyl (C=O) groups is 1. The summed E-state index contributed by atoms with van der Waals surface area (Å²) >= 11 is 0. The molecular weight excluding hydrogens is 296 g/mol. The van der Waals surface area contributed by atoms with Crippen LogP contribution in [-0.4, -0.2) is 75.1 Å². The summed E-state index contributed by atoms with van der Waals surface area (Å²) < 4.78 is 4.75. The molecule has 9 N–H and O–H groups in total. The number of guanidine groups is 1. The van der Waals surface area contributed by atoms with Crippen LogP contribution in [-0.2, 0) is 4.74 Å². The van der Waals surface area contributed by atoms with Gasteiger partial charge < -0.3 is 47.1 Å². The predicted molar refractivity (Wildman–Crippen MR) is 72.8 cm³/mol. The highest BCUT2D eigenvalue weighted by molar-refractivity contribution is 5.81. The summed E-state index contributed by atoms with van der Waals surface area (Å²) in [5.41, 5.74) is 9.23. The number of hydrogen-bond donors (Lipinski definition) is 7. The van der Waals surface area contributed by atoms with Gasteiger partial charge in [0.25, 0.3) is 0 Å². The summed E-state index contributed by atoms with van der Waals surface area (Å²) in [4.78, 5) is 16.3. The second-order valence-electron chi connectivity index (χ2n) is 5.53. The number of nitrogens with zero attached hydrogens (tertiary/aromatic N) is 2. The molecule has 22 heavy (non-hydrogen) atoms. The van der Waals surface area contributed by atoms with Crippen molar-refractivity contribution in [1.29, 1.82) is 0 Å². The summed E-state index contributed by atoms with van der Waals surface area (Å²) in [7, 11) is 0. The van der Waals surface area contributed by atoms with Gasteiger partial charge in [0, 0.05) is 0 Å². The normalized spacial score (nSPS) is 38.5. The van der Waals surface area contributed by atoms with Gasteiger partial charge in [-0.05, 0) is 0 Å². The molecule has 1 spiro atoms. The molecule has 0 aromatic heterocycles. The quantitative estimate of drug-likeness (QED) is 0.249. The van der Waals surface area contributed by atoms with E-state index in [4.69, 9.17) is 16.2 Å². The van der Waals surface area contributed by atoms with Crippen LogP contribution in [0.3, 0.4) is 0 Å². The second kappa shape index (κ2) is 4.38. The minimum atomic E-state index is -2.53. The molecule has 11 nitrogen and oxygen atoms in total. The van der Waals surface area contributed by atoms with E-state index in [0.717, 1.165) is 0 Å². The van der Waals surface area contributed by atoms with Gasteiger partial charge >= 0.3 is 6.09 Å². The van der Waals surface area contributed by atoms with Gasteiger partial charge in [-0.15, -0.1) is 0 Å². The molecule has 1 amide bonds. The minimum Gasteiger partial charge on any atom is -0.447 e. The zero-order valence-corrected chi connectivity index (χ0v) is 11.6. The summed E-state index contributed by atoms with van der Waals surface area (Å²) in [6.07, 6.45) is -2.47. The topological polar surface area (TPSA) is 179 Å². The van der Waals surface area contributed by atoms with Gasteiger partial charge in [0.05, 0.1) is 12.4 Å². The third kappa shape index (κ3) is 1.66. The van der Waals surface area contributed by atoms with Crippen LogP contribution >= 0.6 is 0 Å². The Morgan fingerprint density at radius 2 is 2.27 bits per heavy atom. The first-order valence-corrected chi connectivity index (χ1v) is 6.59. The molecule has 3 aliphatic heterocycles. The predicted octanol–water partition coefficient (Wildman–Crippen LogP) is -4.14. The largest absolute Gasteiger partial charge is 0.447 e. The Balaban J connectivity index is 2.04. The first-order chi connectivity index (χ1) is 10.2. The number of nitrogens with one attached hydrogen (secondary N) is 2. The number of ether oxygens (including phenoxy) is 1. The highest BCUT2D eigenvalue weighted by Crippen LogP contribution is 2.44. The highest BCUT2D eigenvalue weighted by Gasteiger charge is 2.73. The van der Waals surface area contributed by atoms with Crippen molar-refractivity contribution in [3.05, 3.63) is 12.4 Å². The first kappa shape index (κ1) is 14.7. The lowest BCUT2D eigenvalue weighted by molar-refractivity contribution is -0.258. The number of aliphatic hydroxyl groups excluding tert-OH is 1. The van der Waals surface area contributed by atoms with E-state index in [1.165, 1.54) is 4.90 Å². The van der Waals surface area contributed by atoms with Crippen LogP contribution in [0.4, 0.5) is 4.79 Å². The number of nitrogens with two attached hydrogens (primary N) is 2. The molecule has 3 aliphatic rings. The highest BCUT2D eigenvalue weighted by atomic mass is 16.5. The lowest BCUT2D eigenvalue weighted by Gasteiger charge is -2.48. The van der Waals surface area contributed by atoms with Gasteiger partial charge in [-0.2, -0.15) is 0 Å². The van der Waals surface area contributed by atoms with Crippen molar-refractivity contribution in [3.8, 4) is 0 Å². The smallest absolute Gasteiger partial charge is 0.404 e. The van der Waals surface area contributed by atoms with E-state index in [0.29, 0.717) is 5.82 Å². The zero-order chi connectivity index (χ0) is 16.3. The number of primary amides is 1. The fraction of sp³-hybridized carbons (Fsp3) is 0.636. The molecule has 0 radical (unpaired) electrons. The number of aliphatic hydroxyl groups is 3. The Morgan fingerprint density at radius 3 is 2.91 bits per heavy atom. The number of amides is 1. The van der Waals surface area contributed by atoms with Crippen molar-refractivity contribution < 1.29 is 24.9 Å². The van der Waals surface area contributed by atoms with E-state index in [1.807, 2.05) is 0 Å².